The number of amides is 1. The number of carbonyl (C=O) groups is 1. The fourth-order valence-corrected chi connectivity index (χ4v) is 3.40. The van der Waals surface area contributed by atoms with Gasteiger partial charge < -0.3 is 10.1 Å². The zero-order valence-corrected chi connectivity index (χ0v) is 14.9. The minimum absolute atomic E-state index is 0.0545. The first kappa shape index (κ1) is 18.3. The van der Waals surface area contributed by atoms with Crippen LogP contribution in [-0.4, -0.2) is 22.3 Å². The van der Waals surface area contributed by atoms with Gasteiger partial charge in [-0.05, 0) is 36.6 Å². The highest BCUT2D eigenvalue weighted by atomic mass is 19.4. The van der Waals surface area contributed by atoms with Crippen LogP contribution in [0.25, 0.3) is 0 Å². The zero-order chi connectivity index (χ0) is 19.7. The number of benzene rings is 1. The summed E-state index contributed by atoms with van der Waals surface area (Å²) < 4.78 is 46.5. The molecule has 1 N–H and O–H groups in total. The Morgan fingerprint density at radius 1 is 1.25 bits per heavy atom. The Hall–Kier alpha value is -3.03. The summed E-state index contributed by atoms with van der Waals surface area (Å²) in [7, 11) is 0. The van der Waals surface area contributed by atoms with E-state index in [0.29, 0.717) is 36.5 Å². The lowest BCUT2D eigenvalue weighted by Crippen LogP contribution is -2.35. The van der Waals surface area contributed by atoms with Gasteiger partial charge in [-0.3, -0.25) is 9.48 Å². The number of hydrogen-bond donors (Lipinski definition) is 1. The number of allylic oxidation sites excluding steroid dienone is 2. The lowest BCUT2D eigenvalue weighted by Gasteiger charge is -2.26. The van der Waals surface area contributed by atoms with Gasteiger partial charge in [0, 0.05) is 18.2 Å². The SMILES string of the molecule is O=C1COC2=CCC(c3cc(C(F)(F)F)nn3CCc3ccccc3)C=C2N1. The number of rotatable bonds is 4. The van der Waals surface area contributed by atoms with Gasteiger partial charge >= 0.3 is 6.18 Å². The largest absolute Gasteiger partial charge is 0.482 e. The average Bonchev–Trinajstić information content (AvgIpc) is 3.11. The van der Waals surface area contributed by atoms with E-state index in [1.165, 1.54) is 4.68 Å². The maximum atomic E-state index is 13.3. The van der Waals surface area contributed by atoms with E-state index in [4.69, 9.17) is 4.74 Å². The summed E-state index contributed by atoms with van der Waals surface area (Å²) in [4.78, 5) is 11.6. The topological polar surface area (TPSA) is 56.1 Å². The number of alkyl halides is 3. The maximum Gasteiger partial charge on any atom is 0.435 e. The van der Waals surface area contributed by atoms with Crippen LogP contribution in [0.4, 0.5) is 13.2 Å². The van der Waals surface area contributed by atoms with Gasteiger partial charge in [-0.15, -0.1) is 0 Å². The summed E-state index contributed by atoms with van der Waals surface area (Å²) in [6, 6.07) is 10.6. The van der Waals surface area contributed by atoms with Crippen LogP contribution >= 0.6 is 0 Å². The molecule has 1 amide bonds. The van der Waals surface area contributed by atoms with Crippen molar-refractivity contribution in [2.24, 2.45) is 0 Å². The lowest BCUT2D eigenvalue weighted by atomic mass is 9.94. The van der Waals surface area contributed by atoms with Gasteiger partial charge in [0.15, 0.2) is 12.3 Å². The molecule has 1 aromatic heterocycles. The standard InChI is InChI=1S/C20H18F3N3O2/c21-20(22,23)18-11-16(26(25-18)9-8-13-4-2-1-3-5-13)14-6-7-17-15(10-14)24-19(27)12-28-17/h1-5,7,10-11,14H,6,8-9,12H2,(H,24,27). The molecule has 1 atom stereocenters. The zero-order valence-electron chi connectivity index (χ0n) is 14.9. The monoisotopic (exact) mass is 389 g/mol. The third kappa shape index (κ3) is 3.81. The lowest BCUT2D eigenvalue weighted by molar-refractivity contribution is -0.141. The summed E-state index contributed by atoms with van der Waals surface area (Å²) in [6.07, 6.45) is 0.0572. The smallest absolute Gasteiger partial charge is 0.435 e. The van der Waals surface area contributed by atoms with Crippen LogP contribution in [0, 0.1) is 0 Å². The van der Waals surface area contributed by atoms with Gasteiger partial charge in [0.25, 0.3) is 5.91 Å². The van der Waals surface area contributed by atoms with Crippen LogP contribution in [0.3, 0.4) is 0 Å². The molecule has 1 aliphatic carbocycles. The molecule has 1 saturated heterocycles. The number of nitrogens with one attached hydrogen (secondary N) is 1. The Morgan fingerprint density at radius 3 is 2.79 bits per heavy atom. The number of hydrogen-bond acceptors (Lipinski definition) is 3. The number of nitrogens with zero attached hydrogens (tertiary/aromatic N) is 2. The summed E-state index contributed by atoms with van der Waals surface area (Å²) >= 11 is 0. The fraction of sp³-hybridized carbons (Fsp3) is 0.300. The van der Waals surface area contributed by atoms with Gasteiger partial charge in [0.2, 0.25) is 0 Å². The first-order valence-electron chi connectivity index (χ1n) is 8.94. The molecule has 0 spiro atoms. The Balaban J connectivity index is 1.63. The average molecular weight is 389 g/mol. The number of aromatic nitrogens is 2. The van der Waals surface area contributed by atoms with Crippen molar-refractivity contribution >= 4 is 5.91 Å². The Morgan fingerprint density at radius 2 is 2.04 bits per heavy atom. The molecular formula is C20H18F3N3O2. The van der Waals surface area contributed by atoms with Gasteiger partial charge in [-0.1, -0.05) is 30.3 Å². The van der Waals surface area contributed by atoms with E-state index in [1.54, 1.807) is 12.2 Å². The summed E-state index contributed by atoms with van der Waals surface area (Å²) in [5.41, 5.74) is 1.07. The molecule has 1 aliphatic heterocycles. The second kappa shape index (κ2) is 7.18. The molecule has 1 aromatic carbocycles. The van der Waals surface area contributed by atoms with Crippen molar-refractivity contribution in [3.8, 4) is 0 Å². The minimum Gasteiger partial charge on any atom is -0.482 e. The normalized spacial score (nSPS) is 19.2. The van der Waals surface area contributed by atoms with Crippen molar-refractivity contribution in [1.82, 2.24) is 15.1 Å². The quantitative estimate of drug-likeness (QED) is 0.870. The predicted octanol–water partition coefficient (Wildman–Crippen LogP) is 3.55. The summed E-state index contributed by atoms with van der Waals surface area (Å²) in [5.74, 6) is -0.0556. The first-order valence-corrected chi connectivity index (χ1v) is 8.94. The van der Waals surface area contributed by atoms with E-state index < -0.39 is 11.9 Å². The molecule has 0 radical (unpaired) electrons. The molecular weight excluding hydrogens is 371 g/mol. The second-order valence-corrected chi connectivity index (χ2v) is 6.74. The number of fused-ring (bicyclic) bond motifs is 1. The molecule has 8 heteroatoms. The van der Waals surface area contributed by atoms with Gasteiger partial charge in [-0.2, -0.15) is 18.3 Å². The Kier molecular flexibility index (Phi) is 4.70. The van der Waals surface area contributed by atoms with E-state index in [2.05, 4.69) is 10.4 Å². The van der Waals surface area contributed by atoms with Crippen LogP contribution < -0.4 is 5.32 Å². The highest BCUT2D eigenvalue weighted by molar-refractivity contribution is 5.81. The fourth-order valence-electron chi connectivity index (χ4n) is 3.40. The molecule has 28 heavy (non-hydrogen) atoms. The van der Waals surface area contributed by atoms with Crippen LogP contribution in [0.1, 0.15) is 29.3 Å². The van der Waals surface area contributed by atoms with Gasteiger partial charge in [-0.25, -0.2) is 0 Å². The molecule has 4 rings (SSSR count). The number of aryl methyl sites for hydroxylation is 2. The van der Waals surface area contributed by atoms with Crippen molar-refractivity contribution in [2.75, 3.05) is 6.61 Å². The van der Waals surface area contributed by atoms with Gasteiger partial charge in [0.05, 0.1) is 5.70 Å². The summed E-state index contributed by atoms with van der Waals surface area (Å²) in [5, 5.41) is 6.52. The van der Waals surface area contributed by atoms with E-state index >= 15 is 0 Å². The van der Waals surface area contributed by atoms with Crippen molar-refractivity contribution in [2.45, 2.75) is 31.5 Å². The molecule has 0 bridgehead atoms. The maximum absolute atomic E-state index is 13.3. The third-order valence-electron chi connectivity index (χ3n) is 4.76. The van der Waals surface area contributed by atoms with Crippen molar-refractivity contribution in [1.29, 1.82) is 0 Å². The van der Waals surface area contributed by atoms with Gasteiger partial charge in [0.1, 0.15) is 5.76 Å². The van der Waals surface area contributed by atoms with Crippen LogP contribution in [0.15, 0.2) is 60.0 Å². The summed E-state index contributed by atoms with van der Waals surface area (Å²) in [6.45, 7) is 0.273. The predicted molar refractivity (Wildman–Crippen MR) is 95.0 cm³/mol. The van der Waals surface area contributed by atoms with Crippen LogP contribution in [0.5, 0.6) is 0 Å². The molecule has 2 aromatic rings. The number of morpholine rings is 1. The number of carbonyl (C=O) groups excluding carboxylic acids is 1. The second-order valence-electron chi connectivity index (χ2n) is 6.74. The van der Waals surface area contributed by atoms with E-state index in [-0.39, 0.29) is 18.4 Å². The van der Waals surface area contributed by atoms with E-state index in [1.807, 2.05) is 30.3 Å². The number of ether oxygens (including phenoxy) is 1. The minimum atomic E-state index is -4.52. The molecule has 2 aliphatic rings. The highest BCUT2D eigenvalue weighted by Crippen LogP contribution is 2.35. The van der Waals surface area contributed by atoms with Crippen LogP contribution in [-0.2, 0) is 28.7 Å². The molecule has 1 fully saturated rings. The highest BCUT2D eigenvalue weighted by Gasteiger charge is 2.36. The van der Waals surface area contributed by atoms with Crippen molar-refractivity contribution in [3.05, 3.63) is 77.0 Å². The molecule has 2 heterocycles. The number of halogens is 3. The van der Waals surface area contributed by atoms with Crippen molar-refractivity contribution in [3.63, 3.8) is 0 Å². The van der Waals surface area contributed by atoms with Crippen LogP contribution in [0.2, 0.25) is 0 Å². The molecule has 146 valence electrons. The Bertz CT molecular complexity index is 945. The van der Waals surface area contributed by atoms with Crippen molar-refractivity contribution < 1.29 is 22.7 Å². The van der Waals surface area contributed by atoms with E-state index in [9.17, 15) is 18.0 Å². The third-order valence-corrected chi connectivity index (χ3v) is 4.76. The van der Waals surface area contributed by atoms with E-state index in [0.717, 1.165) is 11.6 Å². The molecule has 5 nitrogen and oxygen atoms in total. The molecule has 0 saturated carbocycles. The first-order chi connectivity index (χ1) is 13.4. The Labute approximate surface area is 159 Å². The molecule has 1 unspecified atom stereocenters.